The van der Waals surface area contributed by atoms with E-state index >= 15 is 0 Å². The van der Waals surface area contributed by atoms with Gasteiger partial charge in [0.2, 0.25) is 5.91 Å². The van der Waals surface area contributed by atoms with Crippen molar-refractivity contribution in [3.8, 4) is 11.5 Å². The minimum atomic E-state index is -0.448. The summed E-state index contributed by atoms with van der Waals surface area (Å²) in [5.74, 6) is 0.345. The lowest BCUT2D eigenvalue weighted by Gasteiger charge is -2.26. The van der Waals surface area contributed by atoms with Crippen molar-refractivity contribution in [3.63, 3.8) is 0 Å². The van der Waals surface area contributed by atoms with Gasteiger partial charge >= 0.3 is 0 Å². The highest BCUT2D eigenvalue weighted by Crippen LogP contribution is 2.36. The highest BCUT2D eigenvalue weighted by Gasteiger charge is 2.35. The Balaban J connectivity index is 1.95. The molecule has 3 rings (SSSR count). The second kappa shape index (κ2) is 11.6. The van der Waals surface area contributed by atoms with Gasteiger partial charge in [-0.25, -0.2) is 9.40 Å². The zero-order valence-corrected chi connectivity index (χ0v) is 19.9. The van der Waals surface area contributed by atoms with Crippen molar-refractivity contribution in [1.29, 1.82) is 0 Å². The van der Waals surface area contributed by atoms with E-state index in [1.807, 2.05) is 6.07 Å². The minimum Gasteiger partial charge on any atom is -0.497 e. The number of methoxy groups -OCH3 is 3. The highest BCUT2D eigenvalue weighted by atomic mass is 19.1. The van der Waals surface area contributed by atoms with Crippen LogP contribution in [0.25, 0.3) is 0 Å². The number of carbonyl (C=O) groups excluding carboxylic acids is 2. The molecule has 2 amide bonds. The van der Waals surface area contributed by atoms with E-state index in [1.165, 1.54) is 22.0 Å². The third-order valence-electron chi connectivity index (χ3n) is 5.69. The van der Waals surface area contributed by atoms with Gasteiger partial charge in [-0.15, -0.1) is 0 Å². The molecular formula is C25H30FN3O5. The van der Waals surface area contributed by atoms with Crippen LogP contribution in [0.4, 0.5) is 4.39 Å². The van der Waals surface area contributed by atoms with E-state index in [1.54, 1.807) is 52.5 Å². The molecule has 0 aromatic heterocycles. The van der Waals surface area contributed by atoms with Crippen LogP contribution in [0.15, 0.2) is 47.6 Å². The van der Waals surface area contributed by atoms with E-state index < -0.39 is 6.04 Å². The molecule has 0 radical (unpaired) electrons. The fourth-order valence-electron chi connectivity index (χ4n) is 3.84. The molecule has 2 aromatic carbocycles. The summed E-state index contributed by atoms with van der Waals surface area (Å²) < 4.78 is 29.5. The van der Waals surface area contributed by atoms with Crippen LogP contribution in [0.3, 0.4) is 0 Å². The Labute approximate surface area is 198 Å². The quantitative estimate of drug-likeness (QED) is 0.531. The van der Waals surface area contributed by atoms with Crippen LogP contribution < -0.4 is 9.47 Å². The smallest absolute Gasteiger partial charge is 0.262 e. The van der Waals surface area contributed by atoms with Gasteiger partial charge in [0, 0.05) is 38.1 Å². The number of ether oxygens (including phenoxy) is 3. The van der Waals surface area contributed by atoms with E-state index in [2.05, 4.69) is 5.10 Å². The molecule has 1 aliphatic heterocycles. The van der Waals surface area contributed by atoms with E-state index in [0.717, 1.165) is 11.1 Å². The molecule has 0 saturated carbocycles. The van der Waals surface area contributed by atoms with Crippen LogP contribution >= 0.6 is 0 Å². The number of hydrazone groups is 1. The summed E-state index contributed by atoms with van der Waals surface area (Å²) in [5, 5.41) is 6.02. The number of benzene rings is 2. The van der Waals surface area contributed by atoms with E-state index in [0.29, 0.717) is 36.8 Å². The van der Waals surface area contributed by atoms with Gasteiger partial charge in [0.25, 0.3) is 5.91 Å². The molecule has 0 saturated heterocycles. The van der Waals surface area contributed by atoms with Gasteiger partial charge in [-0.1, -0.05) is 19.1 Å². The first-order chi connectivity index (χ1) is 16.4. The molecule has 0 aliphatic carbocycles. The largest absolute Gasteiger partial charge is 0.497 e. The Hall–Kier alpha value is -3.46. The molecule has 2 aromatic rings. The van der Waals surface area contributed by atoms with Crippen molar-refractivity contribution < 1.29 is 28.2 Å². The first kappa shape index (κ1) is 25.2. The number of halogens is 1. The van der Waals surface area contributed by atoms with Crippen LogP contribution in [-0.2, 0) is 14.3 Å². The van der Waals surface area contributed by atoms with Gasteiger partial charge in [0.05, 0.1) is 32.6 Å². The third kappa shape index (κ3) is 5.72. The average molecular weight is 472 g/mol. The number of amides is 2. The number of hydrogen-bond donors (Lipinski definition) is 0. The molecule has 8 nitrogen and oxygen atoms in total. The predicted molar refractivity (Wildman–Crippen MR) is 125 cm³/mol. The van der Waals surface area contributed by atoms with Crippen LogP contribution in [0.2, 0.25) is 0 Å². The molecule has 1 heterocycles. The molecule has 182 valence electrons. The number of hydrogen-bond acceptors (Lipinski definition) is 6. The molecule has 1 aliphatic rings. The van der Waals surface area contributed by atoms with Crippen molar-refractivity contribution in [2.24, 2.45) is 5.10 Å². The number of carbonyl (C=O) groups is 2. The topological polar surface area (TPSA) is 80.7 Å². The Bertz CT molecular complexity index is 1040. The molecule has 0 N–H and O–H groups in total. The average Bonchev–Trinajstić information content (AvgIpc) is 3.31. The Morgan fingerprint density at radius 2 is 1.85 bits per heavy atom. The van der Waals surface area contributed by atoms with Crippen molar-refractivity contribution >= 4 is 17.5 Å². The summed E-state index contributed by atoms with van der Waals surface area (Å²) >= 11 is 0. The summed E-state index contributed by atoms with van der Waals surface area (Å²) in [6.45, 7) is 2.23. The zero-order chi connectivity index (χ0) is 24.7. The van der Waals surface area contributed by atoms with Gasteiger partial charge in [0.1, 0.15) is 23.9 Å². The summed E-state index contributed by atoms with van der Waals surface area (Å²) in [6.07, 6.45) is 0.676. The van der Waals surface area contributed by atoms with Crippen LogP contribution in [-0.4, -0.2) is 68.5 Å². The van der Waals surface area contributed by atoms with E-state index in [-0.39, 0.29) is 30.6 Å². The van der Waals surface area contributed by atoms with Crippen molar-refractivity contribution in [2.75, 3.05) is 41.0 Å². The zero-order valence-electron chi connectivity index (χ0n) is 19.9. The standard InChI is InChI=1S/C25H30FN3O5/c1-5-24(30)28(12-13-32-2)16-25(31)29-22(17-6-8-18(26)9-7-17)15-21(27-29)20-11-10-19(33-3)14-23(20)34-4/h6-11,14,22H,5,12-13,15-16H2,1-4H3. The summed E-state index contributed by atoms with van der Waals surface area (Å²) in [7, 11) is 4.66. The van der Waals surface area contributed by atoms with Gasteiger partial charge in [-0.05, 0) is 29.8 Å². The molecule has 9 heteroatoms. The fraction of sp³-hybridized carbons (Fsp3) is 0.400. The van der Waals surface area contributed by atoms with Crippen LogP contribution in [0.5, 0.6) is 11.5 Å². The fourth-order valence-corrected chi connectivity index (χ4v) is 3.84. The lowest BCUT2D eigenvalue weighted by molar-refractivity contribution is -0.141. The number of rotatable bonds is 10. The van der Waals surface area contributed by atoms with Gasteiger partial charge in [-0.3, -0.25) is 9.59 Å². The third-order valence-corrected chi connectivity index (χ3v) is 5.69. The highest BCUT2D eigenvalue weighted by molar-refractivity contribution is 6.05. The molecule has 0 fully saturated rings. The maximum absolute atomic E-state index is 13.6. The maximum atomic E-state index is 13.6. The second-order valence-electron chi connectivity index (χ2n) is 7.78. The monoisotopic (exact) mass is 471 g/mol. The summed E-state index contributed by atoms with van der Waals surface area (Å²) in [4.78, 5) is 27.2. The predicted octanol–water partition coefficient (Wildman–Crippen LogP) is 3.41. The minimum absolute atomic E-state index is 0.135. The van der Waals surface area contributed by atoms with Crippen molar-refractivity contribution in [1.82, 2.24) is 9.91 Å². The Morgan fingerprint density at radius 3 is 2.47 bits per heavy atom. The van der Waals surface area contributed by atoms with Crippen LogP contribution in [0, 0.1) is 5.82 Å². The van der Waals surface area contributed by atoms with Gasteiger partial charge in [0.15, 0.2) is 0 Å². The molecule has 1 unspecified atom stereocenters. The van der Waals surface area contributed by atoms with Gasteiger partial charge < -0.3 is 19.1 Å². The van der Waals surface area contributed by atoms with Crippen molar-refractivity contribution in [3.05, 3.63) is 59.4 Å². The number of nitrogens with zero attached hydrogens (tertiary/aromatic N) is 3. The molecular weight excluding hydrogens is 441 g/mol. The normalized spacial score (nSPS) is 15.1. The molecule has 1 atom stereocenters. The summed E-state index contributed by atoms with van der Waals surface area (Å²) in [6, 6.07) is 10.9. The molecule has 0 spiro atoms. The Kier molecular flexibility index (Phi) is 8.59. The van der Waals surface area contributed by atoms with Crippen molar-refractivity contribution in [2.45, 2.75) is 25.8 Å². The maximum Gasteiger partial charge on any atom is 0.262 e. The first-order valence-electron chi connectivity index (χ1n) is 11.1. The van der Waals surface area contributed by atoms with Crippen LogP contribution in [0.1, 0.15) is 36.9 Å². The molecule has 0 bridgehead atoms. The summed E-state index contributed by atoms with van der Waals surface area (Å²) in [5.41, 5.74) is 2.12. The van der Waals surface area contributed by atoms with Gasteiger partial charge in [-0.2, -0.15) is 5.10 Å². The first-order valence-corrected chi connectivity index (χ1v) is 11.1. The second-order valence-corrected chi connectivity index (χ2v) is 7.78. The van der Waals surface area contributed by atoms with E-state index in [9.17, 15) is 14.0 Å². The molecule has 34 heavy (non-hydrogen) atoms. The lowest BCUT2D eigenvalue weighted by Crippen LogP contribution is -2.42. The Morgan fingerprint density at radius 1 is 1.12 bits per heavy atom. The van der Waals surface area contributed by atoms with E-state index in [4.69, 9.17) is 14.2 Å². The SMILES string of the molecule is CCC(=O)N(CCOC)CC(=O)N1N=C(c2ccc(OC)cc2OC)CC1c1ccc(F)cc1. The lowest BCUT2D eigenvalue weighted by atomic mass is 9.97.